The highest BCUT2D eigenvalue weighted by Gasteiger charge is 2.16. The number of amides is 1. The first kappa shape index (κ1) is 18.8. The second-order valence-corrected chi connectivity index (χ2v) is 5.93. The largest absolute Gasteiger partial charge is 0.445 e. The molecule has 0 saturated heterocycles. The molecule has 2 N–H and O–H groups in total. The van der Waals surface area contributed by atoms with Crippen molar-refractivity contribution in [1.29, 1.82) is 0 Å². The van der Waals surface area contributed by atoms with Crippen LogP contribution in [0.2, 0.25) is 0 Å². The molecule has 0 aromatic carbocycles. The van der Waals surface area contributed by atoms with Crippen LogP contribution >= 0.6 is 15.9 Å². The van der Waals surface area contributed by atoms with E-state index in [1.807, 2.05) is 0 Å². The zero-order valence-electron chi connectivity index (χ0n) is 13.1. The molecule has 2 rings (SSSR count). The van der Waals surface area contributed by atoms with Gasteiger partial charge in [0, 0.05) is 10.7 Å². The van der Waals surface area contributed by atoms with Crippen molar-refractivity contribution in [3.63, 3.8) is 0 Å². The smallest absolute Gasteiger partial charge is 0.404 e. The van der Waals surface area contributed by atoms with Gasteiger partial charge in [-0.1, -0.05) is 0 Å². The average Bonchev–Trinajstić information content (AvgIpc) is 2.80. The average molecular weight is 418 g/mol. The van der Waals surface area contributed by atoms with E-state index in [9.17, 15) is 18.4 Å². The van der Waals surface area contributed by atoms with E-state index in [2.05, 4.69) is 30.7 Å². The molecule has 0 bridgehead atoms. The lowest BCUT2D eigenvalue weighted by molar-refractivity contribution is 0.163. The lowest BCUT2D eigenvalue weighted by Gasteiger charge is -2.06. The molecule has 0 fully saturated rings. The third-order valence-electron chi connectivity index (χ3n) is 3.21. The number of ether oxygens (including phenoxy) is 1. The minimum Gasteiger partial charge on any atom is -0.445 e. The maximum Gasteiger partial charge on any atom is 0.404 e. The zero-order valence-corrected chi connectivity index (χ0v) is 14.7. The van der Waals surface area contributed by atoms with Crippen molar-refractivity contribution in [2.75, 3.05) is 6.61 Å². The molecule has 2 aromatic rings. The van der Waals surface area contributed by atoms with Crippen LogP contribution in [0.1, 0.15) is 11.5 Å². The van der Waals surface area contributed by atoms with Crippen LogP contribution in [0.3, 0.4) is 0 Å². The van der Waals surface area contributed by atoms with Gasteiger partial charge < -0.3 is 10.5 Å². The van der Waals surface area contributed by atoms with Crippen molar-refractivity contribution < 1.29 is 18.3 Å². The van der Waals surface area contributed by atoms with E-state index >= 15 is 0 Å². The number of nitrogens with two attached hydrogens (primary N) is 1. The van der Waals surface area contributed by atoms with E-state index in [0.29, 0.717) is 11.5 Å². The molecule has 0 radical (unpaired) electrons. The van der Waals surface area contributed by atoms with Crippen LogP contribution in [0.15, 0.2) is 39.3 Å². The molecule has 2 aromatic heterocycles. The molecular formula is C14H14BrF2N5O3. The Kier molecular flexibility index (Phi) is 6.02. The maximum absolute atomic E-state index is 12.9. The summed E-state index contributed by atoms with van der Waals surface area (Å²) in [5, 5.41) is 3.96. The van der Waals surface area contributed by atoms with Gasteiger partial charge in [-0.05, 0) is 35.0 Å². The third kappa shape index (κ3) is 4.95. The lowest BCUT2D eigenvalue weighted by Crippen LogP contribution is -2.27. The number of primary amides is 1. The van der Waals surface area contributed by atoms with Crippen molar-refractivity contribution in [1.82, 2.24) is 19.3 Å². The van der Waals surface area contributed by atoms with Gasteiger partial charge in [0.05, 0.1) is 24.4 Å². The Balaban J connectivity index is 2.23. The van der Waals surface area contributed by atoms with Crippen molar-refractivity contribution in [2.45, 2.75) is 20.0 Å². The molecule has 0 atom stereocenters. The molecule has 0 unspecified atom stereocenters. The van der Waals surface area contributed by atoms with Crippen molar-refractivity contribution in [3.8, 4) is 0 Å². The molecule has 0 spiro atoms. The summed E-state index contributed by atoms with van der Waals surface area (Å²) < 4.78 is 33.2. The van der Waals surface area contributed by atoms with Crippen molar-refractivity contribution >= 4 is 22.0 Å². The minimum absolute atomic E-state index is 0.146. The normalized spacial score (nSPS) is 10.6. The number of rotatable bonds is 6. The van der Waals surface area contributed by atoms with Gasteiger partial charge in [-0.2, -0.15) is 13.9 Å². The Morgan fingerprint density at radius 3 is 2.68 bits per heavy atom. The number of hydrogen-bond donors (Lipinski definition) is 1. The van der Waals surface area contributed by atoms with Crippen molar-refractivity contribution in [3.05, 3.63) is 56.5 Å². The molecule has 11 heteroatoms. The van der Waals surface area contributed by atoms with Gasteiger partial charge in [0.15, 0.2) is 0 Å². The highest BCUT2D eigenvalue weighted by molar-refractivity contribution is 9.10. The fraction of sp³-hybridized carbons (Fsp3) is 0.286. The first-order valence-corrected chi connectivity index (χ1v) is 7.77. The van der Waals surface area contributed by atoms with Gasteiger partial charge in [-0.3, -0.25) is 9.55 Å². The summed E-state index contributed by atoms with van der Waals surface area (Å²) in [6, 6.07) is 3.49. The first-order valence-electron chi connectivity index (χ1n) is 6.98. The fourth-order valence-electron chi connectivity index (χ4n) is 2.00. The van der Waals surface area contributed by atoms with Crippen LogP contribution in [0.4, 0.5) is 13.6 Å². The monoisotopic (exact) mass is 417 g/mol. The molecular weight excluding hydrogens is 404 g/mol. The number of carbonyl (C=O) groups is 1. The Morgan fingerprint density at radius 2 is 2.12 bits per heavy atom. The summed E-state index contributed by atoms with van der Waals surface area (Å²) in [4.78, 5) is 27.1. The topological polar surface area (TPSA) is 105 Å². The van der Waals surface area contributed by atoms with E-state index in [-0.39, 0.29) is 6.54 Å². The number of nitrogens with zero attached hydrogens (tertiary/aromatic N) is 4. The second-order valence-electron chi connectivity index (χ2n) is 5.01. The first-order chi connectivity index (χ1) is 11.8. The summed E-state index contributed by atoms with van der Waals surface area (Å²) in [6.07, 6.45) is -1.66. The number of aryl methyl sites for hydroxylation is 1. The quantitative estimate of drug-likeness (QED) is 0.771. The summed E-state index contributed by atoms with van der Waals surface area (Å²) in [5.74, 6) is 0.337. The summed E-state index contributed by atoms with van der Waals surface area (Å²) >= 11 is 3.26. The minimum atomic E-state index is -2.06. The molecule has 134 valence electrons. The molecule has 0 saturated carbocycles. The molecule has 8 nitrogen and oxygen atoms in total. The highest BCUT2D eigenvalue weighted by atomic mass is 79.9. The number of halogens is 3. The van der Waals surface area contributed by atoms with E-state index < -0.39 is 36.6 Å². The molecule has 0 aliphatic rings. The number of aromatic nitrogens is 4. The fourth-order valence-corrected chi connectivity index (χ4v) is 2.23. The SMILES string of the molecule is Cc1nn(CC(COC(N)=O)=C(F)F)c(=O)n1Cc1ccc(Br)cn1. The Bertz CT molecular complexity index is 856. The van der Waals surface area contributed by atoms with Crippen molar-refractivity contribution in [2.24, 2.45) is 5.73 Å². The van der Waals surface area contributed by atoms with Gasteiger partial charge in [0.2, 0.25) is 0 Å². The summed E-state index contributed by atoms with van der Waals surface area (Å²) in [7, 11) is 0. The molecule has 25 heavy (non-hydrogen) atoms. The highest BCUT2D eigenvalue weighted by Crippen LogP contribution is 2.11. The van der Waals surface area contributed by atoms with E-state index in [4.69, 9.17) is 5.73 Å². The standard InChI is InChI=1S/C14H14BrF2N5O3/c1-8-20-22(5-9(12(16)17)7-25-13(18)23)14(24)21(8)6-11-3-2-10(15)4-19-11/h2-4H,5-7H2,1H3,(H2,18,23). The number of carbonyl (C=O) groups excluding carboxylic acids is 1. The van der Waals surface area contributed by atoms with E-state index in [1.165, 1.54) is 4.57 Å². The Labute approximate surface area is 149 Å². The van der Waals surface area contributed by atoms with Crippen LogP contribution in [-0.4, -0.2) is 32.0 Å². The van der Waals surface area contributed by atoms with Crippen LogP contribution < -0.4 is 11.4 Å². The van der Waals surface area contributed by atoms with E-state index in [0.717, 1.165) is 9.15 Å². The lowest BCUT2D eigenvalue weighted by atomic mass is 10.3. The predicted octanol–water partition coefficient (Wildman–Crippen LogP) is 1.80. The van der Waals surface area contributed by atoms with Gasteiger partial charge in [-0.25, -0.2) is 14.3 Å². The Hall–Kier alpha value is -2.56. The molecule has 1 amide bonds. The van der Waals surface area contributed by atoms with Gasteiger partial charge in [0.1, 0.15) is 12.4 Å². The number of hydrogen-bond acceptors (Lipinski definition) is 5. The maximum atomic E-state index is 12.9. The Morgan fingerprint density at radius 1 is 1.40 bits per heavy atom. The molecule has 0 aliphatic carbocycles. The predicted molar refractivity (Wildman–Crippen MR) is 87.0 cm³/mol. The van der Waals surface area contributed by atoms with Crippen LogP contribution in [-0.2, 0) is 17.8 Å². The molecule has 0 aliphatic heterocycles. The zero-order chi connectivity index (χ0) is 18.6. The second kappa shape index (κ2) is 8.01. The van der Waals surface area contributed by atoms with Crippen LogP contribution in [0.25, 0.3) is 0 Å². The van der Waals surface area contributed by atoms with Gasteiger partial charge in [-0.15, -0.1) is 0 Å². The number of pyridine rings is 1. The van der Waals surface area contributed by atoms with Crippen LogP contribution in [0, 0.1) is 6.92 Å². The third-order valence-corrected chi connectivity index (χ3v) is 3.68. The molecule has 2 heterocycles. The van der Waals surface area contributed by atoms with Gasteiger partial charge in [0.25, 0.3) is 6.08 Å². The summed E-state index contributed by atoms with van der Waals surface area (Å²) in [5.41, 5.74) is 4.22. The van der Waals surface area contributed by atoms with Gasteiger partial charge >= 0.3 is 11.8 Å². The van der Waals surface area contributed by atoms with Crippen LogP contribution in [0.5, 0.6) is 0 Å². The summed E-state index contributed by atoms with van der Waals surface area (Å²) in [6.45, 7) is 0.485. The van der Waals surface area contributed by atoms with E-state index in [1.54, 1.807) is 25.3 Å².